The molecule has 0 aromatic carbocycles. The van der Waals surface area contributed by atoms with Gasteiger partial charge in [-0.15, -0.1) is 0 Å². The number of hydrogen-bond acceptors (Lipinski definition) is 0. The zero-order valence-corrected chi connectivity index (χ0v) is 7.20. The van der Waals surface area contributed by atoms with Crippen molar-refractivity contribution in [1.29, 1.82) is 0 Å². The van der Waals surface area contributed by atoms with Crippen LogP contribution in [0.15, 0.2) is 0 Å². The minimum Gasteiger partial charge on any atom is -0.0599 e. The Labute approximate surface area is 70.6 Å². The van der Waals surface area contributed by atoms with Gasteiger partial charge in [0.2, 0.25) is 0 Å². The van der Waals surface area contributed by atoms with Crippen molar-refractivity contribution in [2.24, 2.45) is 11.3 Å². The van der Waals surface area contributed by atoms with Crippen molar-refractivity contribution in [2.45, 2.75) is 52.8 Å². The Morgan fingerprint density at radius 1 is 1.20 bits per heavy atom. The molecule has 60 valence electrons. The van der Waals surface area contributed by atoms with Crippen molar-refractivity contribution in [3.05, 3.63) is 0 Å². The van der Waals surface area contributed by atoms with Crippen molar-refractivity contribution in [2.75, 3.05) is 0 Å². The summed E-state index contributed by atoms with van der Waals surface area (Å²) >= 11 is 0. The minimum atomic E-state index is -1.33. The highest BCUT2D eigenvalue weighted by Gasteiger charge is 2.25. The van der Waals surface area contributed by atoms with Crippen molar-refractivity contribution >= 4 is 0 Å². The van der Waals surface area contributed by atoms with E-state index in [9.17, 15) is 0 Å². The maximum Gasteiger partial charge on any atom is 0.0267 e. The molecule has 0 unspecified atom stereocenters. The van der Waals surface area contributed by atoms with Gasteiger partial charge in [0.15, 0.2) is 0 Å². The summed E-state index contributed by atoms with van der Waals surface area (Å²) in [7, 11) is 0. The lowest BCUT2D eigenvalue weighted by atomic mass is 9.72. The molecule has 0 spiro atoms. The smallest absolute Gasteiger partial charge is 0.0267 e. The van der Waals surface area contributed by atoms with Crippen molar-refractivity contribution in [3.8, 4) is 0 Å². The summed E-state index contributed by atoms with van der Waals surface area (Å²) in [5.41, 5.74) is 0.00111. The van der Waals surface area contributed by atoms with Crippen molar-refractivity contribution in [3.63, 3.8) is 0 Å². The molecule has 0 aromatic heterocycles. The summed E-state index contributed by atoms with van der Waals surface area (Å²) < 4.78 is 30.9. The van der Waals surface area contributed by atoms with Crippen LogP contribution >= 0.6 is 0 Å². The summed E-state index contributed by atoms with van der Waals surface area (Å²) in [6.45, 7) is 6.19. The van der Waals surface area contributed by atoms with Crippen LogP contribution in [0.2, 0.25) is 0 Å². The molecule has 0 amide bonds. The maximum atomic E-state index is 7.72. The Hall–Kier alpha value is 0. The van der Waals surface area contributed by atoms with Gasteiger partial charge in [-0.2, -0.15) is 0 Å². The highest BCUT2D eigenvalue weighted by Crippen LogP contribution is 2.37. The highest BCUT2D eigenvalue weighted by atomic mass is 14.3. The average molecular weight is 144 g/mol. The molecule has 0 atom stereocenters. The second-order valence-corrected chi connectivity index (χ2v) is 4.15. The second-order valence-electron chi connectivity index (χ2n) is 4.15. The summed E-state index contributed by atoms with van der Waals surface area (Å²) in [4.78, 5) is 0. The van der Waals surface area contributed by atoms with Crippen LogP contribution in [0.5, 0.6) is 0 Å². The predicted octanol–water partition coefficient (Wildman–Crippen LogP) is 3.61. The van der Waals surface area contributed by atoms with Crippen LogP contribution < -0.4 is 0 Å². The molecule has 1 aliphatic rings. The fourth-order valence-corrected chi connectivity index (χ4v) is 1.27. The Balaban J connectivity index is 2.82. The Kier molecular flexibility index (Phi) is 1.21. The van der Waals surface area contributed by atoms with Crippen molar-refractivity contribution in [1.82, 2.24) is 0 Å². The van der Waals surface area contributed by atoms with E-state index in [0.29, 0.717) is 12.8 Å². The second kappa shape index (κ2) is 2.94. The molecule has 0 nitrogen and oxygen atoms in total. The van der Waals surface area contributed by atoms with Gasteiger partial charge in [-0.25, -0.2) is 0 Å². The Morgan fingerprint density at radius 3 is 2.10 bits per heavy atom. The Bertz CT molecular complexity index is 199. The summed E-state index contributed by atoms with van der Waals surface area (Å²) in [5.74, 6) is 0.140. The van der Waals surface area contributed by atoms with Gasteiger partial charge in [-0.05, 0) is 24.2 Å². The Morgan fingerprint density at radius 2 is 1.70 bits per heavy atom. The van der Waals surface area contributed by atoms with E-state index in [1.165, 1.54) is 0 Å². The molecule has 0 aromatic rings. The third-order valence-electron chi connectivity index (χ3n) is 2.26. The van der Waals surface area contributed by atoms with Crippen LogP contribution in [0.1, 0.15) is 58.3 Å². The van der Waals surface area contributed by atoms with Gasteiger partial charge >= 0.3 is 0 Å². The summed E-state index contributed by atoms with van der Waals surface area (Å²) in [6, 6.07) is 0. The zero-order valence-electron chi connectivity index (χ0n) is 11.2. The summed E-state index contributed by atoms with van der Waals surface area (Å²) in [5, 5.41) is 0. The minimum absolute atomic E-state index is 0.00111. The first-order chi connectivity index (χ1) is 6.02. The first-order valence-corrected chi connectivity index (χ1v) is 4.02. The van der Waals surface area contributed by atoms with Gasteiger partial charge in [0.25, 0.3) is 0 Å². The van der Waals surface area contributed by atoms with E-state index in [1.807, 2.05) is 0 Å². The van der Waals surface area contributed by atoms with Gasteiger partial charge < -0.3 is 0 Å². The normalized spacial score (nSPS) is 39.1. The molecule has 1 aliphatic carbocycles. The highest BCUT2D eigenvalue weighted by molar-refractivity contribution is 4.76. The largest absolute Gasteiger partial charge is 0.0599 e. The standard InChI is InChI=1S/C10H20/c1-10(2,3)9-7-5-4-6-8-9/h9H,4-8H2,1-3H3/i5D2,6D2. The molecule has 0 radical (unpaired) electrons. The lowest BCUT2D eigenvalue weighted by molar-refractivity contribution is 0.180. The van der Waals surface area contributed by atoms with Gasteiger partial charge in [-0.3, -0.25) is 0 Å². The molecule has 0 aliphatic heterocycles. The SMILES string of the molecule is [2H]C1([2H])CC(C(C)(C)C)CC([2H])([2H])C1. The first kappa shape index (κ1) is 4.13. The van der Waals surface area contributed by atoms with Crippen LogP contribution in [-0.4, -0.2) is 0 Å². The predicted molar refractivity (Wildman–Crippen MR) is 46.0 cm³/mol. The third-order valence-corrected chi connectivity index (χ3v) is 2.26. The topological polar surface area (TPSA) is 0 Å². The molecule has 0 bridgehead atoms. The molecule has 0 heteroatoms. The van der Waals surface area contributed by atoms with Crippen LogP contribution in [0.3, 0.4) is 0 Å². The molecule has 0 saturated heterocycles. The van der Waals surface area contributed by atoms with E-state index in [0.717, 1.165) is 0 Å². The zero-order chi connectivity index (χ0) is 11.2. The first-order valence-electron chi connectivity index (χ1n) is 6.02. The number of hydrogen-bond donors (Lipinski definition) is 0. The lowest BCUT2D eigenvalue weighted by Crippen LogP contribution is -2.22. The van der Waals surface area contributed by atoms with E-state index in [4.69, 9.17) is 5.48 Å². The fraction of sp³-hybridized carbons (Fsp3) is 1.00. The molecule has 10 heavy (non-hydrogen) atoms. The molecule has 0 heterocycles. The van der Waals surface area contributed by atoms with E-state index >= 15 is 0 Å². The van der Waals surface area contributed by atoms with Gasteiger partial charge in [-0.1, -0.05) is 39.9 Å². The van der Waals surface area contributed by atoms with E-state index in [2.05, 4.69) is 20.8 Å². The quantitative estimate of drug-likeness (QED) is 0.487. The maximum absolute atomic E-state index is 7.72. The number of rotatable bonds is 0. The van der Waals surface area contributed by atoms with Crippen LogP contribution in [-0.2, 0) is 0 Å². The van der Waals surface area contributed by atoms with E-state index in [-0.39, 0.29) is 17.8 Å². The molecule has 1 rings (SSSR count). The van der Waals surface area contributed by atoms with Gasteiger partial charge in [0.1, 0.15) is 0 Å². The lowest BCUT2D eigenvalue weighted by Gasteiger charge is -2.33. The van der Waals surface area contributed by atoms with E-state index < -0.39 is 12.7 Å². The fourth-order valence-electron chi connectivity index (χ4n) is 1.27. The van der Waals surface area contributed by atoms with E-state index in [1.54, 1.807) is 0 Å². The average Bonchev–Trinajstić information content (AvgIpc) is 1.76. The van der Waals surface area contributed by atoms with Crippen LogP contribution in [0.4, 0.5) is 0 Å². The molecular weight excluding hydrogens is 120 g/mol. The van der Waals surface area contributed by atoms with Gasteiger partial charge in [0.05, 0.1) is 0 Å². The molecular formula is C10H20. The monoisotopic (exact) mass is 144 g/mol. The summed E-state index contributed by atoms with van der Waals surface area (Å²) in [6.07, 6.45) is -1.63. The molecule has 1 fully saturated rings. The third kappa shape index (κ3) is 2.00. The van der Waals surface area contributed by atoms with Crippen molar-refractivity contribution < 1.29 is 5.48 Å². The van der Waals surface area contributed by atoms with Gasteiger partial charge in [0, 0.05) is 5.48 Å². The molecule has 1 saturated carbocycles. The molecule has 0 N–H and O–H groups in total. The van der Waals surface area contributed by atoms with Crippen LogP contribution in [0, 0.1) is 11.3 Å². The van der Waals surface area contributed by atoms with Crippen LogP contribution in [0.25, 0.3) is 0 Å².